The van der Waals surface area contributed by atoms with Crippen molar-refractivity contribution in [2.24, 2.45) is 0 Å². The van der Waals surface area contributed by atoms with E-state index >= 15 is 0 Å². The fraction of sp³-hybridized carbons (Fsp3) is 0.367. The van der Waals surface area contributed by atoms with Gasteiger partial charge in [-0.3, -0.25) is 9.69 Å². The zero-order valence-corrected chi connectivity index (χ0v) is 21.4. The van der Waals surface area contributed by atoms with Gasteiger partial charge in [-0.15, -0.1) is 0 Å². The number of carbonyl (C=O) groups is 1. The first-order chi connectivity index (χ1) is 17.5. The van der Waals surface area contributed by atoms with Crippen LogP contribution in [0.3, 0.4) is 0 Å². The molecule has 0 unspecified atom stereocenters. The van der Waals surface area contributed by atoms with Crippen molar-refractivity contribution in [3.63, 3.8) is 0 Å². The molecule has 2 saturated heterocycles. The molecule has 188 valence electrons. The third-order valence-electron chi connectivity index (χ3n) is 7.14. The first kappa shape index (κ1) is 24.5. The number of hydrogen-bond acceptors (Lipinski definition) is 5. The highest BCUT2D eigenvalue weighted by Gasteiger charge is 2.20. The Kier molecular flexibility index (Phi) is 7.66. The summed E-state index contributed by atoms with van der Waals surface area (Å²) in [6.45, 7) is 10.4. The molecule has 36 heavy (non-hydrogen) atoms. The molecule has 6 nitrogen and oxygen atoms in total. The van der Waals surface area contributed by atoms with E-state index in [0.717, 1.165) is 87.1 Å². The normalized spacial score (nSPS) is 17.2. The van der Waals surface area contributed by atoms with E-state index in [1.54, 1.807) is 0 Å². The van der Waals surface area contributed by atoms with Crippen molar-refractivity contribution >= 4 is 17.3 Å². The van der Waals surface area contributed by atoms with Crippen LogP contribution in [-0.4, -0.2) is 75.2 Å². The van der Waals surface area contributed by atoms with Gasteiger partial charge in [0.15, 0.2) is 0 Å². The monoisotopic (exact) mass is 484 g/mol. The molecule has 0 atom stereocenters. The van der Waals surface area contributed by atoms with Gasteiger partial charge in [-0.1, -0.05) is 42.0 Å². The number of amides is 1. The number of hydrogen-bond donors (Lipinski definition) is 1. The van der Waals surface area contributed by atoms with Crippen molar-refractivity contribution in [2.75, 3.05) is 69.7 Å². The van der Waals surface area contributed by atoms with Crippen molar-refractivity contribution in [1.82, 2.24) is 9.80 Å². The average molecular weight is 485 g/mol. The molecule has 0 spiro atoms. The summed E-state index contributed by atoms with van der Waals surface area (Å²) in [7, 11) is 2.16. The van der Waals surface area contributed by atoms with Crippen molar-refractivity contribution in [1.29, 1.82) is 0 Å². The molecule has 1 N–H and O–H groups in total. The molecule has 0 aromatic heterocycles. The molecule has 3 aromatic rings. The quantitative estimate of drug-likeness (QED) is 0.558. The number of ether oxygens (including phenoxy) is 1. The summed E-state index contributed by atoms with van der Waals surface area (Å²) in [6.07, 6.45) is 0. The predicted octanol–water partition coefficient (Wildman–Crippen LogP) is 4.50. The number of morpholine rings is 1. The van der Waals surface area contributed by atoms with E-state index in [4.69, 9.17) is 4.74 Å². The lowest BCUT2D eigenvalue weighted by atomic mass is 10.0. The second kappa shape index (κ2) is 11.2. The molecule has 2 heterocycles. The van der Waals surface area contributed by atoms with Crippen molar-refractivity contribution < 1.29 is 9.53 Å². The molecular weight excluding hydrogens is 448 g/mol. The van der Waals surface area contributed by atoms with E-state index in [2.05, 4.69) is 69.5 Å². The Morgan fingerprint density at radius 3 is 2.39 bits per heavy atom. The van der Waals surface area contributed by atoms with Crippen LogP contribution in [0, 0.1) is 6.92 Å². The number of nitrogens with one attached hydrogen (secondary N) is 1. The summed E-state index contributed by atoms with van der Waals surface area (Å²) in [4.78, 5) is 20.4. The number of anilines is 2. The molecule has 0 bridgehead atoms. The number of carbonyl (C=O) groups excluding carboxylic acids is 1. The van der Waals surface area contributed by atoms with Gasteiger partial charge in [0.2, 0.25) is 0 Å². The maximum Gasteiger partial charge on any atom is 0.255 e. The van der Waals surface area contributed by atoms with Crippen LogP contribution in [0.25, 0.3) is 11.1 Å². The largest absolute Gasteiger partial charge is 0.379 e. The van der Waals surface area contributed by atoms with Crippen LogP contribution in [0.1, 0.15) is 21.5 Å². The topological polar surface area (TPSA) is 48.1 Å². The van der Waals surface area contributed by atoms with E-state index in [-0.39, 0.29) is 5.91 Å². The molecule has 2 aliphatic rings. The fourth-order valence-corrected chi connectivity index (χ4v) is 4.99. The van der Waals surface area contributed by atoms with Crippen molar-refractivity contribution in [2.45, 2.75) is 13.5 Å². The van der Waals surface area contributed by atoms with Crippen LogP contribution in [0.4, 0.5) is 11.4 Å². The maximum atomic E-state index is 13.2. The standard InChI is InChI=1S/C30H36N4O2/c1-23-5-3-8-27(19-23)30(35)31-28-21-26(9-10-29(28)34-13-11-32(2)12-14-34)25-7-4-6-24(20-25)22-33-15-17-36-18-16-33/h3-10,19-21H,11-18,22H2,1-2H3,(H,31,35). The second-order valence-corrected chi connectivity index (χ2v) is 9.93. The highest BCUT2D eigenvalue weighted by atomic mass is 16.5. The van der Waals surface area contributed by atoms with E-state index in [0.29, 0.717) is 5.56 Å². The molecule has 1 amide bonds. The highest BCUT2D eigenvalue weighted by Crippen LogP contribution is 2.33. The summed E-state index contributed by atoms with van der Waals surface area (Å²) in [5, 5.41) is 3.24. The van der Waals surface area contributed by atoms with Crippen LogP contribution in [0.5, 0.6) is 0 Å². The number of benzene rings is 3. The molecule has 0 aliphatic carbocycles. The first-order valence-corrected chi connectivity index (χ1v) is 12.9. The van der Waals surface area contributed by atoms with Crippen LogP contribution < -0.4 is 10.2 Å². The molecular formula is C30H36N4O2. The van der Waals surface area contributed by atoms with Gasteiger partial charge in [-0.25, -0.2) is 0 Å². The van der Waals surface area contributed by atoms with Crippen LogP contribution in [-0.2, 0) is 11.3 Å². The number of nitrogens with zero attached hydrogens (tertiary/aromatic N) is 3. The van der Waals surface area contributed by atoms with Crippen molar-refractivity contribution in [3.05, 3.63) is 83.4 Å². The molecule has 2 aliphatic heterocycles. The Labute approximate surface area is 214 Å². The zero-order valence-electron chi connectivity index (χ0n) is 21.4. The Bertz CT molecular complexity index is 1200. The molecule has 3 aromatic carbocycles. The minimum absolute atomic E-state index is 0.0766. The van der Waals surface area contributed by atoms with Gasteiger partial charge < -0.3 is 19.9 Å². The molecule has 0 saturated carbocycles. The summed E-state index contributed by atoms with van der Waals surface area (Å²) in [5.41, 5.74) is 7.26. The van der Waals surface area contributed by atoms with Crippen LogP contribution in [0.15, 0.2) is 66.7 Å². The van der Waals surface area contributed by atoms with E-state index in [9.17, 15) is 4.79 Å². The summed E-state index contributed by atoms with van der Waals surface area (Å²) in [5.74, 6) is -0.0766. The van der Waals surface area contributed by atoms with Gasteiger partial charge in [0.1, 0.15) is 0 Å². The Hall–Kier alpha value is -3.19. The lowest BCUT2D eigenvalue weighted by Gasteiger charge is -2.35. The van der Waals surface area contributed by atoms with Gasteiger partial charge in [0.05, 0.1) is 24.6 Å². The van der Waals surface area contributed by atoms with Gasteiger partial charge in [0.25, 0.3) is 5.91 Å². The summed E-state index contributed by atoms with van der Waals surface area (Å²) in [6, 6.07) is 23.0. The zero-order chi connectivity index (χ0) is 24.9. The van der Waals surface area contributed by atoms with Crippen molar-refractivity contribution in [3.8, 4) is 11.1 Å². The second-order valence-electron chi connectivity index (χ2n) is 9.93. The number of aryl methyl sites for hydroxylation is 1. The van der Waals surface area contributed by atoms with Gasteiger partial charge in [-0.05, 0) is 61.0 Å². The fourth-order valence-electron chi connectivity index (χ4n) is 4.99. The predicted molar refractivity (Wildman–Crippen MR) is 147 cm³/mol. The third kappa shape index (κ3) is 5.95. The first-order valence-electron chi connectivity index (χ1n) is 12.9. The molecule has 2 fully saturated rings. The maximum absolute atomic E-state index is 13.2. The Balaban J connectivity index is 1.43. The van der Waals surface area contributed by atoms with Crippen LogP contribution >= 0.6 is 0 Å². The van der Waals surface area contributed by atoms with Gasteiger partial charge >= 0.3 is 0 Å². The Morgan fingerprint density at radius 1 is 0.861 bits per heavy atom. The number of likely N-dealkylation sites (N-methyl/N-ethyl adjacent to an activating group) is 1. The SMILES string of the molecule is Cc1cccc(C(=O)Nc2cc(-c3cccc(CN4CCOCC4)c3)ccc2N2CCN(C)CC2)c1. The molecule has 6 heteroatoms. The summed E-state index contributed by atoms with van der Waals surface area (Å²) >= 11 is 0. The average Bonchev–Trinajstić information content (AvgIpc) is 2.90. The molecule has 0 radical (unpaired) electrons. The van der Waals surface area contributed by atoms with Gasteiger partial charge in [-0.2, -0.15) is 0 Å². The minimum atomic E-state index is -0.0766. The highest BCUT2D eigenvalue weighted by molar-refractivity contribution is 6.06. The minimum Gasteiger partial charge on any atom is -0.379 e. The van der Waals surface area contributed by atoms with E-state index < -0.39 is 0 Å². The lowest BCUT2D eigenvalue weighted by Crippen LogP contribution is -2.44. The van der Waals surface area contributed by atoms with Crippen LogP contribution in [0.2, 0.25) is 0 Å². The smallest absolute Gasteiger partial charge is 0.255 e. The van der Waals surface area contributed by atoms with Gasteiger partial charge in [0, 0.05) is 51.4 Å². The number of rotatable bonds is 6. The molecule has 5 rings (SSSR count). The third-order valence-corrected chi connectivity index (χ3v) is 7.14. The van der Waals surface area contributed by atoms with E-state index in [1.165, 1.54) is 5.56 Å². The summed E-state index contributed by atoms with van der Waals surface area (Å²) < 4.78 is 5.50. The lowest BCUT2D eigenvalue weighted by molar-refractivity contribution is 0.0342. The number of piperazine rings is 1. The Morgan fingerprint density at radius 2 is 1.61 bits per heavy atom. The van der Waals surface area contributed by atoms with E-state index in [1.807, 2.05) is 31.2 Å².